The average Bonchev–Trinajstić information content (AvgIpc) is 2.29. The third-order valence-electron chi connectivity index (χ3n) is 2.20. The Balaban J connectivity index is 3.36. The lowest BCUT2D eigenvalue weighted by Crippen LogP contribution is -2.24. The standard InChI is InChI=1S/C10H9BrN2O4S/c1-6-8(10(14)15)4-7(5-9(6)11)18(16,17)13-3-2-12/h4-5,13H,3H2,1H3,(H,14,15). The second-order valence-corrected chi connectivity index (χ2v) is 5.99. The van der Waals surface area contributed by atoms with Gasteiger partial charge in [-0.05, 0) is 24.6 Å². The number of halogens is 1. The van der Waals surface area contributed by atoms with Crippen LogP contribution in [0.1, 0.15) is 15.9 Å². The van der Waals surface area contributed by atoms with Crippen LogP contribution in [-0.4, -0.2) is 26.0 Å². The second-order valence-electron chi connectivity index (χ2n) is 3.37. The topological polar surface area (TPSA) is 107 Å². The predicted octanol–water partition coefficient (Wildman–Crippen LogP) is 1.26. The molecule has 0 amide bonds. The normalized spacial score (nSPS) is 10.9. The van der Waals surface area contributed by atoms with Crippen molar-refractivity contribution in [3.05, 3.63) is 27.7 Å². The first-order valence-electron chi connectivity index (χ1n) is 4.69. The number of rotatable bonds is 4. The molecule has 0 atom stereocenters. The fraction of sp³-hybridized carbons (Fsp3) is 0.200. The number of hydrogen-bond donors (Lipinski definition) is 2. The van der Waals surface area contributed by atoms with E-state index in [1.165, 1.54) is 6.07 Å². The van der Waals surface area contributed by atoms with E-state index >= 15 is 0 Å². The zero-order valence-corrected chi connectivity index (χ0v) is 11.7. The molecule has 0 aliphatic rings. The Morgan fingerprint density at radius 3 is 2.67 bits per heavy atom. The molecule has 0 aliphatic carbocycles. The summed E-state index contributed by atoms with van der Waals surface area (Å²) >= 11 is 3.11. The monoisotopic (exact) mass is 332 g/mol. The molecule has 1 aromatic carbocycles. The van der Waals surface area contributed by atoms with Crippen LogP contribution in [0.4, 0.5) is 0 Å². The number of aromatic carboxylic acids is 1. The summed E-state index contributed by atoms with van der Waals surface area (Å²) in [6.45, 7) is 1.18. The molecule has 0 saturated carbocycles. The van der Waals surface area contributed by atoms with Crippen molar-refractivity contribution in [3.8, 4) is 6.07 Å². The van der Waals surface area contributed by atoms with Crippen LogP contribution in [0.2, 0.25) is 0 Å². The quantitative estimate of drug-likeness (QED) is 0.807. The molecule has 18 heavy (non-hydrogen) atoms. The van der Waals surface area contributed by atoms with Gasteiger partial charge in [-0.15, -0.1) is 0 Å². The third-order valence-corrected chi connectivity index (χ3v) is 4.40. The first kappa shape index (κ1) is 14.6. The summed E-state index contributed by atoms with van der Waals surface area (Å²) in [5.74, 6) is -1.22. The Hall–Kier alpha value is -1.43. The summed E-state index contributed by atoms with van der Waals surface area (Å²) < 4.78 is 25.9. The van der Waals surface area contributed by atoms with Gasteiger partial charge < -0.3 is 5.11 Å². The molecule has 0 spiro atoms. The molecule has 0 aromatic heterocycles. The molecule has 0 unspecified atom stereocenters. The highest BCUT2D eigenvalue weighted by Gasteiger charge is 2.19. The van der Waals surface area contributed by atoms with Crippen LogP contribution < -0.4 is 4.72 Å². The van der Waals surface area contributed by atoms with Crippen LogP contribution in [0.5, 0.6) is 0 Å². The predicted molar refractivity (Wildman–Crippen MR) is 66.6 cm³/mol. The number of carbonyl (C=O) groups is 1. The molecule has 6 nitrogen and oxygen atoms in total. The van der Waals surface area contributed by atoms with Crippen molar-refractivity contribution in [1.82, 2.24) is 4.72 Å². The maximum atomic E-state index is 11.8. The Bertz CT molecular complexity index is 634. The van der Waals surface area contributed by atoms with E-state index in [-0.39, 0.29) is 17.0 Å². The third kappa shape index (κ3) is 3.07. The van der Waals surface area contributed by atoms with Crippen LogP contribution in [-0.2, 0) is 10.0 Å². The molecule has 2 N–H and O–H groups in total. The van der Waals surface area contributed by atoms with E-state index in [2.05, 4.69) is 15.9 Å². The summed E-state index contributed by atoms with van der Waals surface area (Å²) in [6.07, 6.45) is 0. The van der Waals surface area contributed by atoms with Gasteiger partial charge in [-0.3, -0.25) is 0 Å². The molecule has 96 valence electrons. The summed E-state index contributed by atoms with van der Waals surface area (Å²) in [5.41, 5.74) is 0.323. The fourth-order valence-corrected chi connectivity index (χ4v) is 2.82. The molecule has 0 fully saturated rings. The Kier molecular flexibility index (Phi) is 4.45. The molecule has 0 saturated heterocycles. The number of carboxylic acids is 1. The average molecular weight is 333 g/mol. The molecule has 1 aromatic rings. The molecule has 1 rings (SSSR count). The van der Waals surface area contributed by atoms with Gasteiger partial charge in [0.05, 0.1) is 23.1 Å². The number of nitrogens with one attached hydrogen (secondary N) is 1. The first-order valence-corrected chi connectivity index (χ1v) is 6.97. The van der Waals surface area contributed by atoms with Crippen LogP contribution in [0.15, 0.2) is 21.5 Å². The Morgan fingerprint density at radius 2 is 2.17 bits per heavy atom. The number of carboxylic acid groups (broad SMARTS) is 1. The molecule has 8 heteroatoms. The maximum absolute atomic E-state index is 11.8. The van der Waals surface area contributed by atoms with Crippen LogP contribution in [0, 0.1) is 18.3 Å². The summed E-state index contributed by atoms with van der Waals surface area (Å²) in [4.78, 5) is 10.8. The van der Waals surface area contributed by atoms with E-state index in [9.17, 15) is 13.2 Å². The molecular weight excluding hydrogens is 324 g/mol. The van der Waals surface area contributed by atoms with Crippen molar-refractivity contribution in [2.75, 3.05) is 6.54 Å². The van der Waals surface area contributed by atoms with E-state index in [4.69, 9.17) is 10.4 Å². The largest absolute Gasteiger partial charge is 0.478 e. The van der Waals surface area contributed by atoms with Crippen molar-refractivity contribution in [2.24, 2.45) is 0 Å². The van der Waals surface area contributed by atoms with Gasteiger partial charge >= 0.3 is 5.97 Å². The minimum atomic E-state index is -3.88. The SMILES string of the molecule is Cc1c(Br)cc(S(=O)(=O)NCC#N)cc1C(=O)O. The summed E-state index contributed by atoms with van der Waals surface area (Å²) in [7, 11) is -3.88. The van der Waals surface area contributed by atoms with Gasteiger partial charge in [0.15, 0.2) is 0 Å². The van der Waals surface area contributed by atoms with Crippen molar-refractivity contribution >= 4 is 31.9 Å². The Labute approximate surface area is 112 Å². The lowest BCUT2D eigenvalue weighted by atomic mass is 10.1. The van der Waals surface area contributed by atoms with Crippen LogP contribution in [0.3, 0.4) is 0 Å². The van der Waals surface area contributed by atoms with Gasteiger partial charge in [-0.1, -0.05) is 15.9 Å². The Morgan fingerprint density at radius 1 is 1.56 bits per heavy atom. The van der Waals surface area contributed by atoms with E-state index in [1.54, 1.807) is 13.0 Å². The summed E-state index contributed by atoms with van der Waals surface area (Å²) in [6, 6.07) is 3.99. The van der Waals surface area contributed by atoms with Crippen molar-refractivity contribution in [1.29, 1.82) is 5.26 Å². The first-order chi connectivity index (χ1) is 8.29. The minimum Gasteiger partial charge on any atom is -0.478 e. The lowest BCUT2D eigenvalue weighted by Gasteiger charge is -2.08. The highest BCUT2D eigenvalue weighted by atomic mass is 79.9. The van der Waals surface area contributed by atoms with Crippen LogP contribution >= 0.6 is 15.9 Å². The van der Waals surface area contributed by atoms with Gasteiger partial charge in [0, 0.05) is 4.47 Å². The van der Waals surface area contributed by atoms with E-state index in [0.717, 1.165) is 6.07 Å². The minimum absolute atomic E-state index is 0.110. The summed E-state index contributed by atoms with van der Waals surface area (Å²) in [5, 5.41) is 17.3. The zero-order valence-electron chi connectivity index (χ0n) is 9.27. The lowest BCUT2D eigenvalue weighted by molar-refractivity contribution is 0.0695. The maximum Gasteiger partial charge on any atom is 0.336 e. The van der Waals surface area contributed by atoms with E-state index in [1.807, 2.05) is 4.72 Å². The van der Waals surface area contributed by atoms with Gasteiger partial charge in [-0.25, -0.2) is 13.2 Å². The highest BCUT2D eigenvalue weighted by molar-refractivity contribution is 9.10. The van der Waals surface area contributed by atoms with E-state index < -0.39 is 16.0 Å². The van der Waals surface area contributed by atoms with Crippen molar-refractivity contribution in [2.45, 2.75) is 11.8 Å². The highest BCUT2D eigenvalue weighted by Crippen LogP contribution is 2.24. The van der Waals surface area contributed by atoms with Gasteiger partial charge in [0.1, 0.15) is 0 Å². The van der Waals surface area contributed by atoms with Crippen LogP contribution in [0.25, 0.3) is 0 Å². The molecule has 0 heterocycles. The number of nitrogens with zero attached hydrogens (tertiary/aromatic N) is 1. The molecule has 0 bridgehead atoms. The zero-order chi connectivity index (χ0) is 13.9. The molecule has 0 radical (unpaired) electrons. The fourth-order valence-electron chi connectivity index (χ4n) is 1.24. The van der Waals surface area contributed by atoms with Gasteiger partial charge in [0.25, 0.3) is 0 Å². The number of hydrogen-bond acceptors (Lipinski definition) is 4. The van der Waals surface area contributed by atoms with E-state index in [0.29, 0.717) is 10.0 Å². The van der Waals surface area contributed by atoms with Gasteiger partial charge in [-0.2, -0.15) is 9.98 Å². The van der Waals surface area contributed by atoms with Crippen molar-refractivity contribution < 1.29 is 18.3 Å². The number of sulfonamides is 1. The second kappa shape index (κ2) is 5.48. The van der Waals surface area contributed by atoms with Crippen molar-refractivity contribution in [3.63, 3.8) is 0 Å². The molecular formula is C10H9BrN2O4S. The number of benzene rings is 1. The van der Waals surface area contributed by atoms with Gasteiger partial charge in [0.2, 0.25) is 10.0 Å². The number of nitriles is 1. The smallest absolute Gasteiger partial charge is 0.336 e. The molecule has 0 aliphatic heterocycles.